The van der Waals surface area contributed by atoms with Gasteiger partial charge in [0, 0.05) is 18.7 Å². The molecule has 0 spiro atoms. The molecule has 0 saturated carbocycles. The first-order valence-corrected chi connectivity index (χ1v) is 11.7. The number of ether oxygens (including phenoxy) is 2. The summed E-state index contributed by atoms with van der Waals surface area (Å²) >= 11 is 0. The predicted molar refractivity (Wildman–Crippen MR) is 126 cm³/mol. The van der Waals surface area contributed by atoms with Gasteiger partial charge in [0.2, 0.25) is 5.43 Å². The van der Waals surface area contributed by atoms with E-state index in [1.165, 1.54) is 16.8 Å². The van der Waals surface area contributed by atoms with Gasteiger partial charge < -0.3 is 18.9 Å². The van der Waals surface area contributed by atoms with Gasteiger partial charge in [-0.2, -0.15) is 0 Å². The van der Waals surface area contributed by atoms with Crippen LogP contribution in [-0.2, 0) is 24.3 Å². The van der Waals surface area contributed by atoms with Crippen molar-refractivity contribution in [3.05, 3.63) is 99.0 Å². The Morgan fingerprint density at radius 3 is 2.67 bits per heavy atom. The quantitative estimate of drug-likeness (QED) is 0.468. The third kappa shape index (κ3) is 4.42. The second-order valence-electron chi connectivity index (χ2n) is 8.98. The van der Waals surface area contributed by atoms with Gasteiger partial charge in [-0.05, 0) is 30.5 Å². The largest absolute Gasteiger partial charge is 0.483 e. The summed E-state index contributed by atoms with van der Waals surface area (Å²) in [5.74, 6) is -2.59. The number of halogens is 2. The van der Waals surface area contributed by atoms with Gasteiger partial charge in [-0.3, -0.25) is 14.4 Å². The minimum absolute atomic E-state index is 0.0116. The second-order valence-corrected chi connectivity index (χ2v) is 8.98. The molecule has 7 nitrogen and oxygen atoms in total. The highest BCUT2D eigenvalue weighted by molar-refractivity contribution is 6.00. The van der Waals surface area contributed by atoms with Gasteiger partial charge in [0.15, 0.2) is 23.5 Å². The molecule has 0 aliphatic carbocycles. The van der Waals surface area contributed by atoms with Crippen LogP contribution >= 0.6 is 0 Å². The lowest BCUT2D eigenvalue weighted by Gasteiger charge is -2.34. The van der Waals surface area contributed by atoms with Gasteiger partial charge in [-0.1, -0.05) is 36.4 Å². The van der Waals surface area contributed by atoms with E-state index in [0.29, 0.717) is 6.61 Å². The van der Waals surface area contributed by atoms with Crippen LogP contribution in [0.15, 0.2) is 59.5 Å². The molecule has 0 bridgehead atoms. The molecule has 3 aromatic rings. The number of ketones is 1. The van der Waals surface area contributed by atoms with E-state index in [4.69, 9.17) is 9.47 Å². The molecule has 0 N–H and O–H groups in total. The molecule has 2 aliphatic heterocycles. The lowest BCUT2D eigenvalue weighted by atomic mass is 10.0. The zero-order valence-electron chi connectivity index (χ0n) is 19.6. The van der Waals surface area contributed by atoms with Crippen LogP contribution < -0.4 is 10.2 Å². The lowest BCUT2D eigenvalue weighted by molar-refractivity contribution is 0.00604. The number of fused-ring (bicyclic) bond motifs is 2. The molecule has 186 valence electrons. The number of nitrogens with zero attached hydrogens (tertiary/aromatic N) is 2. The fraction of sp³-hybridized carbons (Fsp3) is 0.296. The molecule has 3 heterocycles. The molecule has 2 aromatic carbocycles. The van der Waals surface area contributed by atoms with Crippen LogP contribution in [0.2, 0.25) is 0 Å². The average Bonchev–Trinajstić information content (AvgIpc) is 3.24. The Hall–Kier alpha value is -3.85. The van der Waals surface area contributed by atoms with Crippen LogP contribution in [-0.4, -0.2) is 40.0 Å². The van der Waals surface area contributed by atoms with E-state index in [9.17, 15) is 23.2 Å². The SMILES string of the molecule is C[C@H]1CO[C@H]2Cn3cc(C(=O)CCc4ccc(F)cc4F)c(=O)c(OCc4ccccc4)c3C(=O)N21. The maximum atomic E-state index is 14.0. The summed E-state index contributed by atoms with van der Waals surface area (Å²) in [5, 5.41) is 0. The van der Waals surface area contributed by atoms with Crippen molar-refractivity contribution in [1.29, 1.82) is 0 Å². The minimum atomic E-state index is -0.755. The monoisotopic (exact) mass is 494 g/mol. The molecule has 2 aliphatic rings. The Kier molecular flexibility index (Phi) is 6.40. The number of amides is 1. The van der Waals surface area contributed by atoms with Gasteiger partial charge in [-0.15, -0.1) is 0 Å². The van der Waals surface area contributed by atoms with Crippen molar-refractivity contribution < 1.29 is 27.8 Å². The van der Waals surface area contributed by atoms with Crippen molar-refractivity contribution in [3.8, 4) is 5.75 Å². The van der Waals surface area contributed by atoms with Crippen molar-refractivity contribution in [3.63, 3.8) is 0 Å². The van der Waals surface area contributed by atoms with E-state index < -0.39 is 35.0 Å². The normalized spacial score (nSPS) is 18.6. The minimum Gasteiger partial charge on any atom is -0.483 e. The number of carbonyl (C=O) groups is 2. The van der Waals surface area contributed by atoms with Crippen molar-refractivity contribution in [2.45, 2.75) is 45.2 Å². The Balaban J connectivity index is 1.50. The number of pyridine rings is 1. The molecular weight excluding hydrogens is 470 g/mol. The first kappa shape index (κ1) is 23.9. The Morgan fingerprint density at radius 2 is 1.92 bits per heavy atom. The first-order chi connectivity index (χ1) is 17.3. The number of hydrogen-bond donors (Lipinski definition) is 0. The number of Topliss-reactive ketones (excluding diaryl/α,β-unsaturated/α-hetero) is 1. The van der Waals surface area contributed by atoms with Gasteiger partial charge in [0.1, 0.15) is 18.2 Å². The summed E-state index contributed by atoms with van der Waals surface area (Å²) in [4.78, 5) is 41.5. The van der Waals surface area contributed by atoms with E-state index in [1.54, 1.807) is 4.90 Å². The molecule has 36 heavy (non-hydrogen) atoms. The van der Waals surface area contributed by atoms with Gasteiger partial charge >= 0.3 is 0 Å². The van der Waals surface area contributed by atoms with Crippen LogP contribution in [0.1, 0.15) is 45.3 Å². The highest BCUT2D eigenvalue weighted by atomic mass is 19.1. The van der Waals surface area contributed by atoms with Crippen molar-refractivity contribution in [1.82, 2.24) is 9.47 Å². The molecule has 1 aromatic heterocycles. The van der Waals surface area contributed by atoms with Crippen LogP contribution in [0.25, 0.3) is 0 Å². The molecule has 0 unspecified atom stereocenters. The number of benzene rings is 2. The Bertz CT molecular complexity index is 1390. The summed E-state index contributed by atoms with van der Waals surface area (Å²) < 4.78 is 40.4. The number of aryl methyl sites for hydroxylation is 1. The standard InChI is InChI=1S/C27H24F2N2O5/c1-16-14-35-23-13-30-12-20(22(32)10-8-18-7-9-19(28)11-21(18)29)25(33)26(24(30)27(34)31(16)23)36-15-17-5-3-2-4-6-17/h2-7,9,11-12,16,23H,8,10,13-15H2,1H3/t16-,23-/m0/s1. The molecule has 9 heteroatoms. The van der Waals surface area contributed by atoms with E-state index in [-0.39, 0.29) is 54.6 Å². The van der Waals surface area contributed by atoms with Gasteiger partial charge in [0.25, 0.3) is 5.91 Å². The number of hydrogen-bond acceptors (Lipinski definition) is 5. The van der Waals surface area contributed by atoms with Crippen molar-refractivity contribution >= 4 is 11.7 Å². The molecule has 0 radical (unpaired) electrons. The highest BCUT2D eigenvalue weighted by Crippen LogP contribution is 2.30. The molecule has 5 rings (SSSR count). The first-order valence-electron chi connectivity index (χ1n) is 11.7. The number of aromatic nitrogens is 1. The molecule has 2 atom stereocenters. The summed E-state index contributed by atoms with van der Waals surface area (Å²) in [6.07, 6.45) is 0.660. The number of carbonyl (C=O) groups excluding carboxylic acids is 2. The smallest absolute Gasteiger partial charge is 0.276 e. The van der Waals surface area contributed by atoms with Crippen LogP contribution in [0.3, 0.4) is 0 Å². The second kappa shape index (κ2) is 9.66. The van der Waals surface area contributed by atoms with E-state index in [1.807, 2.05) is 37.3 Å². The fourth-order valence-corrected chi connectivity index (χ4v) is 4.63. The summed E-state index contributed by atoms with van der Waals surface area (Å²) in [6, 6.07) is 12.1. The average molecular weight is 494 g/mol. The van der Waals surface area contributed by atoms with Crippen LogP contribution in [0.4, 0.5) is 8.78 Å². The summed E-state index contributed by atoms with van der Waals surface area (Å²) in [5.41, 5.74) is 0.185. The van der Waals surface area contributed by atoms with E-state index in [2.05, 4.69) is 0 Å². The van der Waals surface area contributed by atoms with Crippen LogP contribution in [0, 0.1) is 11.6 Å². The Morgan fingerprint density at radius 1 is 1.14 bits per heavy atom. The molecular formula is C27H24F2N2O5. The van der Waals surface area contributed by atoms with Crippen molar-refractivity contribution in [2.75, 3.05) is 6.61 Å². The predicted octanol–water partition coefficient (Wildman–Crippen LogP) is 3.72. The molecule has 1 saturated heterocycles. The zero-order chi connectivity index (χ0) is 25.4. The topological polar surface area (TPSA) is 77.8 Å². The third-order valence-corrected chi connectivity index (χ3v) is 6.51. The zero-order valence-corrected chi connectivity index (χ0v) is 19.6. The summed E-state index contributed by atoms with van der Waals surface area (Å²) in [7, 11) is 0. The number of rotatable bonds is 7. The maximum absolute atomic E-state index is 14.0. The molecule has 1 fully saturated rings. The lowest BCUT2D eigenvalue weighted by Crippen LogP contribution is -2.49. The van der Waals surface area contributed by atoms with Gasteiger partial charge in [-0.25, -0.2) is 8.78 Å². The van der Waals surface area contributed by atoms with Gasteiger partial charge in [0.05, 0.1) is 24.8 Å². The maximum Gasteiger partial charge on any atom is 0.276 e. The molecule has 1 amide bonds. The van der Waals surface area contributed by atoms with Crippen LogP contribution in [0.5, 0.6) is 5.75 Å². The highest BCUT2D eigenvalue weighted by Gasteiger charge is 2.43. The van der Waals surface area contributed by atoms with Crippen molar-refractivity contribution in [2.24, 2.45) is 0 Å². The summed E-state index contributed by atoms with van der Waals surface area (Å²) in [6.45, 7) is 2.50. The fourth-order valence-electron chi connectivity index (χ4n) is 4.63. The third-order valence-electron chi connectivity index (χ3n) is 6.51. The van der Waals surface area contributed by atoms with E-state index in [0.717, 1.165) is 17.7 Å². The van der Waals surface area contributed by atoms with E-state index >= 15 is 0 Å². The Labute approximate surface area is 205 Å².